The van der Waals surface area contributed by atoms with Crippen molar-refractivity contribution in [3.63, 3.8) is 0 Å². The maximum atomic E-state index is 12.4. The second-order valence-electron chi connectivity index (χ2n) is 5.73. The van der Waals surface area contributed by atoms with Crippen molar-refractivity contribution in [2.45, 2.75) is 25.3 Å². The van der Waals surface area contributed by atoms with Crippen LogP contribution in [0.2, 0.25) is 0 Å². The number of hydrogen-bond acceptors (Lipinski definition) is 3. The Morgan fingerprint density at radius 1 is 1.42 bits per heavy atom. The van der Waals surface area contributed by atoms with Gasteiger partial charge in [-0.15, -0.1) is 0 Å². The summed E-state index contributed by atoms with van der Waals surface area (Å²) in [5.41, 5.74) is 1.10. The van der Waals surface area contributed by atoms with E-state index in [1.807, 2.05) is 11.0 Å². The van der Waals surface area contributed by atoms with Crippen LogP contribution in [-0.2, 0) is 0 Å². The minimum atomic E-state index is 0.0263. The topological polar surface area (TPSA) is 48.5 Å². The number of carbonyl (C=O) groups excluding carboxylic acids is 1. The van der Waals surface area contributed by atoms with Crippen LogP contribution in [0.5, 0.6) is 0 Å². The molecule has 3 aliphatic rings. The number of rotatable bonds is 2. The molecule has 2 aliphatic heterocycles. The van der Waals surface area contributed by atoms with E-state index in [-0.39, 0.29) is 12.1 Å². The summed E-state index contributed by atoms with van der Waals surface area (Å²) >= 11 is 0. The van der Waals surface area contributed by atoms with Gasteiger partial charge in [0.2, 0.25) is 0 Å². The molecule has 4 rings (SSSR count). The number of amides is 2. The quantitative estimate of drug-likeness (QED) is 0.876. The Labute approximate surface area is 112 Å². The van der Waals surface area contributed by atoms with Gasteiger partial charge in [0.15, 0.2) is 5.82 Å². The molecule has 1 unspecified atom stereocenters. The first kappa shape index (κ1) is 11.1. The van der Waals surface area contributed by atoms with Crippen molar-refractivity contribution < 1.29 is 4.79 Å². The molecule has 1 saturated carbocycles. The van der Waals surface area contributed by atoms with E-state index in [0.29, 0.717) is 5.92 Å². The predicted octanol–water partition coefficient (Wildman–Crippen LogP) is 1.60. The van der Waals surface area contributed by atoms with Crippen molar-refractivity contribution in [1.82, 2.24) is 10.3 Å². The Bertz CT molecular complexity index is 514. The highest BCUT2D eigenvalue weighted by atomic mass is 16.2. The lowest BCUT2D eigenvalue weighted by Crippen LogP contribution is -2.51. The maximum Gasteiger partial charge on any atom is 0.323 e. The first-order valence-corrected chi connectivity index (χ1v) is 7.10. The van der Waals surface area contributed by atoms with Gasteiger partial charge in [0.25, 0.3) is 0 Å². The summed E-state index contributed by atoms with van der Waals surface area (Å²) in [6.07, 6.45) is 5.32. The van der Waals surface area contributed by atoms with Crippen LogP contribution < -0.4 is 15.1 Å². The van der Waals surface area contributed by atoms with E-state index < -0.39 is 0 Å². The van der Waals surface area contributed by atoms with Crippen molar-refractivity contribution in [3.05, 3.63) is 18.3 Å². The van der Waals surface area contributed by atoms with Crippen molar-refractivity contribution in [2.75, 3.05) is 29.4 Å². The number of urea groups is 1. The summed E-state index contributed by atoms with van der Waals surface area (Å²) in [7, 11) is 0. The lowest BCUT2D eigenvalue weighted by Gasteiger charge is -2.35. The SMILES string of the molecule is O=C(NCC1CC1)N1c2ncccc2N2CCC1C2. The lowest BCUT2D eigenvalue weighted by molar-refractivity contribution is 0.243. The maximum absolute atomic E-state index is 12.4. The van der Waals surface area contributed by atoms with E-state index >= 15 is 0 Å². The van der Waals surface area contributed by atoms with Crippen LogP contribution in [0.3, 0.4) is 0 Å². The number of fused-ring (bicyclic) bond motifs is 4. The zero-order chi connectivity index (χ0) is 12.8. The van der Waals surface area contributed by atoms with Gasteiger partial charge in [0.05, 0.1) is 11.7 Å². The standard InChI is InChI=1S/C14H18N4O/c19-14(16-8-10-3-4-10)18-11-5-7-17(9-11)12-2-1-6-15-13(12)18/h1-2,6,10-11H,3-5,7-9H2,(H,16,19). The molecule has 100 valence electrons. The molecule has 1 atom stereocenters. The summed E-state index contributed by atoms with van der Waals surface area (Å²) in [5, 5.41) is 3.07. The average Bonchev–Trinajstić information content (AvgIpc) is 3.18. The molecule has 1 saturated heterocycles. The molecule has 5 nitrogen and oxygen atoms in total. The smallest absolute Gasteiger partial charge is 0.323 e. The Morgan fingerprint density at radius 3 is 3.16 bits per heavy atom. The zero-order valence-electron chi connectivity index (χ0n) is 10.9. The highest BCUT2D eigenvalue weighted by molar-refractivity contribution is 5.96. The van der Waals surface area contributed by atoms with Crippen molar-refractivity contribution in [2.24, 2.45) is 5.92 Å². The molecule has 0 spiro atoms. The van der Waals surface area contributed by atoms with E-state index in [1.54, 1.807) is 6.20 Å². The molecule has 5 heteroatoms. The summed E-state index contributed by atoms with van der Waals surface area (Å²) in [5.74, 6) is 1.53. The van der Waals surface area contributed by atoms with Gasteiger partial charge in [-0.05, 0) is 37.3 Å². The van der Waals surface area contributed by atoms with E-state index in [1.165, 1.54) is 12.8 Å². The average molecular weight is 258 g/mol. The number of nitrogens with zero attached hydrogens (tertiary/aromatic N) is 3. The summed E-state index contributed by atoms with van der Waals surface area (Å²) in [6, 6.07) is 4.31. The normalized spacial score (nSPS) is 24.3. The van der Waals surface area contributed by atoms with Crippen LogP contribution in [0, 0.1) is 5.92 Å². The fraction of sp³-hybridized carbons (Fsp3) is 0.571. The molecule has 2 bridgehead atoms. The second-order valence-corrected chi connectivity index (χ2v) is 5.73. The zero-order valence-corrected chi connectivity index (χ0v) is 10.9. The summed E-state index contributed by atoms with van der Waals surface area (Å²) in [4.78, 5) is 21.1. The molecular formula is C14H18N4O. The molecule has 2 amide bonds. The van der Waals surface area contributed by atoms with Crippen LogP contribution in [0.1, 0.15) is 19.3 Å². The number of hydrogen-bond donors (Lipinski definition) is 1. The molecule has 2 fully saturated rings. The van der Waals surface area contributed by atoms with Gasteiger partial charge in [-0.3, -0.25) is 4.90 Å². The number of pyridine rings is 1. The molecule has 0 aromatic carbocycles. The van der Waals surface area contributed by atoms with Gasteiger partial charge in [0, 0.05) is 25.8 Å². The van der Waals surface area contributed by atoms with Gasteiger partial charge in [-0.25, -0.2) is 9.78 Å². The molecule has 0 radical (unpaired) electrons. The van der Waals surface area contributed by atoms with Gasteiger partial charge in [-0.1, -0.05) is 0 Å². The second kappa shape index (κ2) is 4.11. The first-order valence-electron chi connectivity index (χ1n) is 7.10. The largest absolute Gasteiger partial charge is 0.366 e. The number of nitrogens with one attached hydrogen (secondary N) is 1. The molecule has 3 heterocycles. The van der Waals surface area contributed by atoms with Gasteiger partial charge < -0.3 is 10.2 Å². The molecule has 1 aromatic rings. The highest BCUT2D eigenvalue weighted by Gasteiger charge is 2.40. The minimum absolute atomic E-state index is 0.0263. The van der Waals surface area contributed by atoms with E-state index in [9.17, 15) is 4.79 Å². The van der Waals surface area contributed by atoms with Gasteiger partial charge in [0.1, 0.15) is 0 Å². The van der Waals surface area contributed by atoms with Gasteiger partial charge >= 0.3 is 6.03 Å². The Balaban J connectivity index is 1.61. The third-order valence-corrected chi connectivity index (χ3v) is 4.32. The minimum Gasteiger partial charge on any atom is -0.366 e. The number of carbonyl (C=O) groups is 1. The van der Waals surface area contributed by atoms with Gasteiger partial charge in [-0.2, -0.15) is 0 Å². The predicted molar refractivity (Wildman–Crippen MR) is 73.5 cm³/mol. The lowest BCUT2D eigenvalue weighted by atomic mass is 10.2. The summed E-state index contributed by atoms with van der Waals surface area (Å²) in [6.45, 7) is 2.78. The third kappa shape index (κ3) is 1.84. The van der Waals surface area contributed by atoms with Crippen molar-refractivity contribution in [3.8, 4) is 0 Å². The molecule has 1 aromatic heterocycles. The highest BCUT2D eigenvalue weighted by Crippen LogP contribution is 2.38. The van der Waals surface area contributed by atoms with Crippen LogP contribution in [0.25, 0.3) is 0 Å². The molecule has 1 aliphatic carbocycles. The van der Waals surface area contributed by atoms with Crippen LogP contribution >= 0.6 is 0 Å². The summed E-state index contributed by atoms with van der Waals surface area (Å²) < 4.78 is 0. The van der Waals surface area contributed by atoms with Crippen LogP contribution in [-0.4, -0.2) is 36.7 Å². The Kier molecular flexibility index (Phi) is 2.40. The Hall–Kier alpha value is -1.78. The van der Waals surface area contributed by atoms with E-state index in [2.05, 4.69) is 21.3 Å². The fourth-order valence-electron chi connectivity index (χ4n) is 3.07. The number of aromatic nitrogens is 1. The molecule has 19 heavy (non-hydrogen) atoms. The van der Waals surface area contributed by atoms with Crippen LogP contribution in [0.4, 0.5) is 16.3 Å². The van der Waals surface area contributed by atoms with E-state index in [0.717, 1.165) is 37.6 Å². The molecule has 1 N–H and O–H groups in total. The number of anilines is 2. The first-order chi connectivity index (χ1) is 9.33. The Morgan fingerprint density at radius 2 is 2.32 bits per heavy atom. The van der Waals surface area contributed by atoms with Crippen molar-refractivity contribution in [1.29, 1.82) is 0 Å². The van der Waals surface area contributed by atoms with Crippen LogP contribution in [0.15, 0.2) is 18.3 Å². The monoisotopic (exact) mass is 258 g/mol. The third-order valence-electron chi connectivity index (χ3n) is 4.32. The molecular weight excluding hydrogens is 240 g/mol. The fourth-order valence-corrected chi connectivity index (χ4v) is 3.07. The van der Waals surface area contributed by atoms with Crippen molar-refractivity contribution >= 4 is 17.5 Å². The van der Waals surface area contributed by atoms with E-state index in [4.69, 9.17) is 0 Å².